The molecule has 142 valence electrons. The van der Waals surface area contributed by atoms with Crippen molar-refractivity contribution < 1.29 is 27.2 Å². The fraction of sp³-hybridized carbons (Fsp3) is 0.158. The Morgan fingerprint density at radius 3 is 2.52 bits per heavy atom. The summed E-state index contributed by atoms with van der Waals surface area (Å²) in [5.74, 6) is -1.88. The number of benzene rings is 2. The average molecular weight is 380 g/mol. The molecule has 0 aliphatic heterocycles. The van der Waals surface area contributed by atoms with Crippen molar-refractivity contribution in [3.63, 3.8) is 0 Å². The SMILES string of the molecule is Cc1ccc(C(=O)NCC(F)(F)F)cc1NC(=O)/C=C/c1cccc(F)c1. The monoisotopic (exact) mass is 380 g/mol. The molecule has 2 N–H and O–H groups in total. The number of amides is 2. The third-order valence-electron chi connectivity index (χ3n) is 3.48. The predicted octanol–water partition coefficient (Wildman–Crippen LogP) is 4.08. The van der Waals surface area contributed by atoms with Gasteiger partial charge < -0.3 is 10.6 Å². The first-order valence-corrected chi connectivity index (χ1v) is 7.84. The number of halogens is 4. The van der Waals surface area contributed by atoms with Crippen molar-refractivity contribution in [2.75, 3.05) is 11.9 Å². The largest absolute Gasteiger partial charge is 0.405 e. The van der Waals surface area contributed by atoms with Gasteiger partial charge in [0.25, 0.3) is 5.91 Å². The maximum Gasteiger partial charge on any atom is 0.405 e. The van der Waals surface area contributed by atoms with E-state index >= 15 is 0 Å². The summed E-state index contributed by atoms with van der Waals surface area (Å²) in [4.78, 5) is 23.8. The summed E-state index contributed by atoms with van der Waals surface area (Å²) < 4.78 is 49.7. The molecular formula is C19H16F4N2O2. The lowest BCUT2D eigenvalue weighted by Gasteiger charge is -2.11. The molecule has 0 aliphatic carbocycles. The van der Waals surface area contributed by atoms with Crippen LogP contribution in [0, 0.1) is 12.7 Å². The average Bonchev–Trinajstić information content (AvgIpc) is 2.59. The zero-order chi connectivity index (χ0) is 20.0. The number of aryl methyl sites for hydroxylation is 1. The molecule has 2 aromatic rings. The van der Waals surface area contributed by atoms with Crippen molar-refractivity contribution >= 4 is 23.6 Å². The van der Waals surface area contributed by atoms with Crippen molar-refractivity contribution in [3.8, 4) is 0 Å². The molecule has 0 radical (unpaired) electrons. The molecule has 0 unspecified atom stereocenters. The van der Waals surface area contributed by atoms with E-state index in [9.17, 15) is 27.2 Å². The fourth-order valence-corrected chi connectivity index (χ4v) is 2.14. The molecule has 8 heteroatoms. The third-order valence-corrected chi connectivity index (χ3v) is 3.48. The van der Waals surface area contributed by atoms with Crippen LogP contribution in [0.3, 0.4) is 0 Å². The molecule has 27 heavy (non-hydrogen) atoms. The molecule has 2 rings (SSSR count). The van der Waals surface area contributed by atoms with Gasteiger partial charge in [-0.15, -0.1) is 0 Å². The van der Waals surface area contributed by atoms with Gasteiger partial charge in [0.2, 0.25) is 5.91 Å². The van der Waals surface area contributed by atoms with Gasteiger partial charge in [-0.3, -0.25) is 9.59 Å². The molecule has 0 atom stereocenters. The number of anilines is 1. The van der Waals surface area contributed by atoms with E-state index in [-0.39, 0.29) is 11.3 Å². The number of carbonyl (C=O) groups is 2. The second kappa shape index (κ2) is 8.48. The van der Waals surface area contributed by atoms with Crippen LogP contribution in [-0.2, 0) is 4.79 Å². The van der Waals surface area contributed by atoms with E-state index < -0.39 is 30.4 Å². The molecule has 0 saturated heterocycles. The molecular weight excluding hydrogens is 364 g/mol. The molecule has 0 aromatic heterocycles. The van der Waals surface area contributed by atoms with E-state index in [4.69, 9.17) is 0 Å². The van der Waals surface area contributed by atoms with Gasteiger partial charge in [-0.05, 0) is 48.4 Å². The molecule has 2 amide bonds. The standard InChI is InChI=1S/C19H16F4N2O2/c1-12-5-7-14(18(27)24-11-19(21,22)23)10-16(12)25-17(26)8-6-13-3-2-4-15(20)9-13/h2-10H,11H2,1H3,(H,24,27)(H,25,26)/b8-6+. The van der Waals surface area contributed by atoms with E-state index in [1.54, 1.807) is 18.3 Å². The molecule has 0 bridgehead atoms. The van der Waals surface area contributed by atoms with Crippen molar-refractivity contribution in [2.45, 2.75) is 13.1 Å². The van der Waals surface area contributed by atoms with Gasteiger partial charge in [-0.1, -0.05) is 18.2 Å². The maximum absolute atomic E-state index is 13.1. The Hall–Kier alpha value is -3.16. The molecule has 0 heterocycles. The highest BCUT2D eigenvalue weighted by Gasteiger charge is 2.28. The summed E-state index contributed by atoms with van der Waals surface area (Å²) in [6.45, 7) is 0.223. The summed E-state index contributed by atoms with van der Waals surface area (Å²) in [6.07, 6.45) is -1.92. The lowest BCUT2D eigenvalue weighted by molar-refractivity contribution is -0.123. The van der Waals surface area contributed by atoms with Gasteiger partial charge in [0, 0.05) is 17.3 Å². The number of nitrogens with one attached hydrogen (secondary N) is 2. The van der Waals surface area contributed by atoms with E-state index in [2.05, 4.69) is 5.32 Å². The Morgan fingerprint density at radius 1 is 1.11 bits per heavy atom. The van der Waals surface area contributed by atoms with Gasteiger partial charge >= 0.3 is 6.18 Å². The quantitative estimate of drug-likeness (QED) is 0.607. The highest BCUT2D eigenvalue weighted by atomic mass is 19.4. The summed E-state index contributed by atoms with van der Waals surface area (Å²) in [6, 6.07) is 9.79. The minimum atomic E-state index is -4.51. The third kappa shape index (κ3) is 6.58. The van der Waals surface area contributed by atoms with Crippen LogP contribution >= 0.6 is 0 Å². The van der Waals surface area contributed by atoms with Crippen molar-refractivity contribution in [3.05, 3.63) is 71.0 Å². The number of hydrogen-bond acceptors (Lipinski definition) is 2. The van der Waals surface area contributed by atoms with Crippen LogP contribution in [0.25, 0.3) is 6.08 Å². The number of hydrogen-bond donors (Lipinski definition) is 2. The summed E-state index contributed by atoms with van der Waals surface area (Å²) >= 11 is 0. The Bertz CT molecular complexity index is 876. The molecule has 0 aliphatic rings. The van der Waals surface area contributed by atoms with Gasteiger partial charge in [0.05, 0.1) is 0 Å². The molecule has 0 saturated carbocycles. The number of alkyl halides is 3. The highest BCUT2D eigenvalue weighted by Crippen LogP contribution is 2.18. The zero-order valence-electron chi connectivity index (χ0n) is 14.2. The normalized spacial score (nSPS) is 11.4. The van der Waals surface area contributed by atoms with Crippen LogP contribution in [-0.4, -0.2) is 24.5 Å². The van der Waals surface area contributed by atoms with Crippen LogP contribution in [0.4, 0.5) is 23.2 Å². The van der Waals surface area contributed by atoms with Gasteiger partial charge in [-0.2, -0.15) is 13.2 Å². The van der Waals surface area contributed by atoms with Gasteiger partial charge in [0.1, 0.15) is 12.4 Å². The highest BCUT2D eigenvalue weighted by molar-refractivity contribution is 6.03. The molecule has 2 aromatic carbocycles. The number of rotatable bonds is 5. The van der Waals surface area contributed by atoms with E-state index in [0.29, 0.717) is 11.1 Å². The van der Waals surface area contributed by atoms with Gasteiger partial charge in [0.15, 0.2) is 0 Å². The van der Waals surface area contributed by atoms with Crippen LogP contribution < -0.4 is 10.6 Å². The predicted molar refractivity (Wildman–Crippen MR) is 93.6 cm³/mol. The minimum absolute atomic E-state index is 0.0192. The first-order chi connectivity index (χ1) is 12.6. The van der Waals surface area contributed by atoms with Crippen LogP contribution in [0.1, 0.15) is 21.5 Å². The van der Waals surface area contributed by atoms with Crippen molar-refractivity contribution in [1.29, 1.82) is 0 Å². The van der Waals surface area contributed by atoms with Crippen LogP contribution in [0.15, 0.2) is 48.5 Å². The topological polar surface area (TPSA) is 58.2 Å². The van der Waals surface area contributed by atoms with Crippen LogP contribution in [0.5, 0.6) is 0 Å². The fourth-order valence-electron chi connectivity index (χ4n) is 2.14. The van der Waals surface area contributed by atoms with E-state index in [1.807, 2.05) is 0 Å². The van der Waals surface area contributed by atoms with Crippen molar-refractivity contribution in [1.82, 2.24) is 5.32 Å². The lowest BCUT2D eigenvalue weighted by atomic mass is 10.1. The Labute approximate surface area is 152 Å². The lowest BCUT2D eigenvalue weighted by Crippen LogP contribution is -2.33. The molecule has 4 nitrogen and oxygen atoms in total. The first kappa shape index (κ1) is 20.2. The maximum atomic E-state index is 13.1. The Morgan fingerprint density at radius 2 is 1.85 bits per heavy atom. The Balaban J connectivity index is 2.07. The number of carbonyl (C=O) groups excluding carboxylic acids is 2. The minimum Gasteiger partial charge on any atom is -0.343 e. The molecule has 0 fully saturated rings. The summed E-state index contributed by atoms with van der Waals surface area (Å²) in [5, 5.41) is 4.31. The summed E-state index contributed by atoms with van der Waals surface area (Å²) in [5.41, 5.74) is 1.37. The smallest absolute Gasteiger partial charge is 0.343 e. The van der Waals surface area contributed by atoms with E-state index in [1.165, 1.54) is 48.6 Å². The second-order valence-corrected chi connectivity index (χ2v) is 5.71. The zero-order valence-corrected chi connectivity index (χ0v) is 14.2. The summed E-state index contributed by atoms with van der Waals surface area (Å²) in [7, 11) is 0. The van der Waals surface area contributed by atoms with E-state index in [0.717, 1.165) is 0 Å². The van der Waals surface area contributed by atoms with Crippen molar-refractivity contribution in [2.24, 2.45) is 0 Å². The van der Waals surface area contributed by atoms with Crippen LogP contribution in [0.2, 0.25) is 0 Å². The Kier molecular flexibility index (Phi) is 6.33. The first-order valence-electron chi connectivity index (χ1n) is 7.84. The molecule has 0 spiro atoms. The second-order valence-electron chi connectivity index (χ2n) is 5.71. The van der Waals surface area contributed by atoms with Gasteiger partial charge in [-0.25, -0.2) is 4.39 Å².